The Balaban J connectivity index is 1.44. The van der Waals surface area contributed by atoms with Crippen molar-refractivity contribution in [3.8, 4) is 5.69 Å². The van der Waals surface area contributed by atoms with E-state index in [2.05, 4.69) is 25.5 Å². The number of halogens is 1. The molecule has 9 heteroatoms. The van der Waals surface area contributed by atoms with Crippen LogP contribution in [0.4, 0.5) is 11.5 Å². The predicted molar refractivity (Wildman–Crippen MR) is 102 cm³/mol. The van der Waals surface area contributed by atoms with Crippen LogP contribution in [0.2, 0.25) is 5.02 Å². The van der Waals surface area contributed by atoms with E-state index in [1.807, 2.05) is 24.3 Å². The van der Waals surface area contributed by atoms with Gasteiger partial charge in [0.1, 0.15) is 5.82 Å². The normalized spacial score (nSPS) is 14.2. The number of hydrogen-bond acceptors (Lipinski definition) is 6. The number of amides is 1. The summed E-state index contributed by atoms with van der Waals surface area (Å²) in [4.78, 5) is 19.0. The molecule has 1 aliphatic rings. The van der Waals surface area contributed by atoms with E-state index in [0.29, 0.717) is 29.6 Å². The minimum Gasteiger partial charge on any atom is -0.378 e. The van der Waals surface area contributed by atoms with Crippen LogP contribution in [-0.2, 0) is 4.74 Å². The summed E-state index contributed by atoms with van der Waals surface area (Å²) in [6.45, 7) is 3.01. The predicted octanol–water partition coefficient (Wildman–Crippen LogP) is 2.40. The highest BCUT2D eigenvalue weighted by molar-refractivity contribution is 6.32. The van der Waals surface area contributed by atoms with Gasteiger partial charge >= 0.3 is 0 Å². The lowest BCUT2D eigenvalue weighted by atomic mass is 10.3. The van der Waals surface area contributed by atoms with Gasteiger partial charge in [-0.15, -0.1) is 5.10 Å². The molecule has 3 aromatic rings. The average molecular weight is 385 g/mol. The number of nitrogens with one attached hydrogen (secondary N) is 1. The van der Waals surface area contributed by atoms with Crippen LogP contribution in [0, 0.1) is 0 Å². The van der Waals surface area contributed by atoms with Crippen LogP contribution >= 0.6 is 11.6 Å². The van der Waals surface area contributed by atoms with Crippen LogP contribution in [0.5, 0.6) is 0 Å². The maximum atomic E-state index is 12.4. The first-order chi connectivity index (χ1) is 13.2. The van der Waals surface area contributed by atoms with E-state index >= 15 is 0 Å². The van der Waals surface area contributed by atoms with Crippen molar-refractivity contribution in [3.63, 3.8) is 0 Å². The van der Waals surface area contributed by atoms with Crippen molar-refractivity contribution >= 4 is 29.0 Å². The second-order valence-electron chi connectivity index (χ2n) is 5.96. The maximum Gasteiger partial charge on any atom is 0.277 e. The van der Waals surface area contributed by atoms with Gasteiger partial charge in [0.2, 0.25) is 0 Å². The molecule has 138 valence electrons. The molecule has 0 saturated carbocycles. The number of nitrogens with zero attached hydrogens (tertiary/aromatic N) is 5. The summed E-state index contributed by atoms with van der Waals surface area (Å²) in [6.07, 6.45) is 3.16. The fourth-order valence-electron chi connectivity index (χ4n) is 2.76. The Labute approximate surface area is 160 Å². The zero-order valence-corrected chi connectivity index (χ0v) is 15.1. The van der Waals surface area contributed by atoms with Crippen LogP contribution in [0.25, 0.3) is 5.69 Å². The number of para-hydroxylation sites is 1. The minimum atomic E-state index is -0.366. The summed E-state index contributed by atoms with van der Waals surface area (Å²) in [7, 11) is 0. The highest BCUT2D eigenvalue weighted by Gasteiger charge is 2.15. The Bertz CT molecular complexity index is 937. The number of benzene rings is 1. The number of ether oxygens (including phenoxy) is 1. The van der Waals surface area contributed by atoms with Crippen molar-refractivity contribution < 1.29 is 9.53 Å². The zero-order valence-electron chi connectivity index (χ0n) is 14.4. The summed E-state index contributed by atoms with van der Waals surface area (Å²) in [5.74, 6) is 0.496. The van der Waals surface area contributed by atoms with E-state index in [4.69, 9.17) is 16.3 Å². The molecule has 1 N–H and O–H groups in total. The number of aromatic nitrogens is 4. The van der Waals surface area contributed by atoms with Gasteiger partial charge < -0.3 is 15.0 Å². The topological polar surface area (TPSA) is 85.2 Å². The molecule has 0 bridgehead atoms. The van der Waals surface area contributed by atoms with Gasteiger partial charge in [-0.1, -0.05) is 28.9 Å². The summed E-state index contributed by atoms with van der Waals surface area (Å²) < 4.78 is 6.81. The third-order valence-electron chi connectivity index (χ3n) is 4.17. The fourth-order valence-corrected chi connectivity index (χ4v) is 2.98. The van der Waals surface area contributed by atoms with Crippen LogP contribution in [-0.4, -0.2) is 52.2 Å². The van der Waals surface area contributed by atoms with Gasteiger partial charge in [0.25, 0.3) is 5.91 Å². The molecule has 1 amide bonds. The Morgan fingerprint density at radius 1 is 1.15 bits per heavy atom. The maximum absolute atomic E-state index is 12.4. The SMILES string of the molecule is O=C(Nc1ccc(N2CCOCC2)nc1)c1cn(-c2ccccc2Cl)nn1. The molecule has 8 nitrogen and oxygen atoms in total. The summed E-state index contributed by atoms with van der Waals surface area (Å²) in [6, 6.07) is 10.9. The summed E-state index contributed by atoms with van der Waals surface area (Å²) in [5.41, 5.74) is 1.43. The van der Waals surface area contributed by atoms with Crippen molar-refractivity contribution in [2.45, 2.75) is 0 Å². The molecular formula is C18H17ClN6O2. The molecule has 1 aliphatic heterocycles. The molecule has 0 radical (unpaired) electrons. The Kier molecular flexibility index (Phi) is 4.99. The van der Waals surface area contributed by atoms with Gasteiger partial charge in [-0.3, -0.25) is 4.79 Å². The van der Waals surface area contributed by atoms with E-state index < -0.39 is 0 Å². The summed E-state index contributed by atoms with van der Waals surface area (Å²) >= 11 is 6.15. The number of hydrogen-bond donors (Lipinski definition) is 1. The zero-order chi connectivity index (χ0) is 18.6. The highest BCUT2D eigenvalue weighted by Crippen LogP contribution is 2.19. The van der Waals surface area contributed by atoms with E-state index in [9.17, 15) is 4.79 Å². The molecule has 0 spiro atoms. The standard InChI is InChI=1S/C18H17ClN6O2/c19-14-3-1-2-4-16(14)25-12-15(22-23-25)18(26)21-13-5-6-17(20-11-13)24-7-9-27-10-8-24/h1-6,11-12H,7-10H2,(H,21,26). The van der Waals surface area contributed by atoms with Crippen molar-refractivity contribution in [3.05, 3.63) is 59.5 Å². The van der Waals surface area contributed by atoms with Crippen LogP contribution in [0.1, 0.15) is 10.5 Å². The van der Waals surface area contributed by atoms with E-state index in [0.717, 1.165) is 18.9 Å². The lowest BCUT2D eigenvalue weighted by molar-refractivity contribution is 0.102. The quantitative estimate of drug-likeness (QED) is 0.743. The monoisotopic (exact) mass is 384 g/mol. The first-order valence-corrected chi connectivity index (χ1v) is 8.86. The van der Waals surface area contributed by atoms with Gasteiger partial charge in [-0.05, 0) is 24.3 Å². The number of pyridine rings is 1. The van der Waals surface area contributed by atoms with Crippen LogP contribution in [0.15, 0.2) is 48.8 Å². The average Bonchev–Trinajstić information content (AvgIpc) is 3.20. The third-order valence-corrected chi connectivity index (χ3v) is 4.49. The molecule has 1 fully saturated rings. The largest absolute Gasteiger partial charge is 0.378 e. The van der Waals surface area contributed by atoms with Crippen molar-refractivity contribution in [2.24, 2.45) is 0 Å². The first kappa shape index (κ1) is 17.4. The molecule has 3 heterocycles. The highest BCUT2D eigenvalue weighted by atomic mass is 35.5. The smallest absolute Gasteiger partial charge is 0.277 e. The van der Waals surface area contributed by atoms with E-state index in [1.165, 1.54) is 10.9 Å². The van der Waals surface area contributed by atoms with Crippen molar-refractivity contribution in [1.82, 2.24) is 20.0 Å². The van der Waals surface area contributed by atoms with Crippen molar-refractivity contribution in [2.75, 3.05) is 36.5 Å². The molecule has 0 aliphatic carbocycles. The Morgan fingerprint density at radius 3 is 2.70 bits per heavy atom. The van der Waals surface area contributed by atoms with Crippen LogP contribution in [0.3, 0.4) is 0 Å². The van der Waals surface area contributed by atoms with Crippen molar-refractivity contribution in [1.29, 1.82) is 0 Å². The number of anilines is 2. The molecule has 2 aromatic heterocycles. The summed E-state index contributed by atoms with van der Waals surface area (Å²) in [5, 5.41) is 11.2. The number of carbonyl (C=O) groups excluding carboxylic acids is 1. The fraction of sp³-hybridized carbons (Fsp3) is 0.222. The molecule has 27 heavy (non-hydrogen) atoms. The second kappa shape index (κ2) is 7.73. The molecule has 0 atom stereocenters. The van der Waals surface area contributed by atoms with Gasteiger partial charge in [0.15, 0.2) is 5.69 Å². The molecular weight excluding hydrogens is 368 g/mol. The van der Waals surface area contributed by atoms with E-state index in [1.54, 1.807) is 18.3 Å². The van der Waals surface area contributed by atoms with Crippen LogP contribution < -0.4 is 10.2 Å². The lowest BCUT2D eigenvalue weighted by Gasteiger charge is -2.27. The molecule has 1 saturated heterocycles. The molecule has 0 unspecified atom stereocenters. The minimum absolute atomic E-state index is 0.187. The second-order valence-corrected chi connectivity index (χ2v) is 6.37. The van der Waals surface area contributed by atoms with Gasteiger partial charge in [0.05, 0.1) is 42.0 Å². The Morgan fingerprint density at radius 2 is 1.96 bits per heavy atom. The van der Waals surface area contributed by atoms with Gasteiger partial charge in [-0.2, -0.15) is 0 Å². The number of carbonyl (C=O) groups is 1. The first-order valence-electron chi connectivity index (χ1n) is 8.48. The third kappa shape index (κ3) is 3.91. The lowest BCUT2D eigenvalue weighted by Crippen LogP contribution is -2.36. The molecule has 1 aromatic carbocycles. The van der Waals surface area contributed by atoms with Gasteiger partial charge in [-0.25, -0.2) is 9.67 Å². The number of morpholine rings is 1. The van der Waals surface area contributed by atoms with E-state index in [-0.39, 0.29) is 11.6 Å². The van der Waals surface area contributed by atoms with Gasteiger partial charge in [0, 0.05) is 13.1 Å². The number of rotatable bonds is 4. The Hall–Kier alpha value is -2.97. The molecule has 4 rings (SSSR count).